The SMILES string of the molecule is Cc1ccc(S(=O)(=O)OC2CN(C(=O)OC(C)(C)C)C2)cc1.[C-]#[N+]c1ccc(N2C(=O)C(C)(C)N(c3ccc(O)c(F)c3)C2=S)cc1C.[C-]#[N+]c1ccc(N2C(=O)C(C)(C)N(c3ccc(OC4CN(C(=O)OC(C)(C)C)C4)c(F)c3)C2=S)cc1C.[C-]#[N+]c1ccc(N2C(=O)C(C)(C)N(c3ccc(OC4CNC4)c(F)c3)C2=S)cc1C.[C-]#[N+]c1ccc(N2C(=O)C(C)(C)N(c3ccc(OC4CNC4)c(F)c3)C2=S)cc1C. The Labute approximate surface area is 861 Å². The van der Waals surface area contributed by atoms with Crippen molar-refractivity contribution in [1.82, 2.24) is 20.4 Å². The third-order valence-electron chi connectivity index (χ3n) is 24.6. The number of aromatic hydroxyl groups is 1. The molecular weight excluding hydrogens is 1960 g/mol. The van der Waals surface area contributed by atoms with Crippen molar-refractivity contribution in [1.29, 1.82) is 0 Å². The van der Waals surface area contributed by atoms with Gasteiger partial charge >= 0.3 is 12.2 Å². The van der Waals surface area contributed by atoms with E-state index in [-0.39, 0.29) is 97.6 Å². The second kappa shape index (κ2) is 42.2. The van der Waals surface area contributed by atoms with E-state index in [1.807, 2.05) is 20.8 Å². The predicted molar refractivity (Wildman–Crippen MR) is 561 cm³/mol. The lowest BCUT2D eigenvalue weighted by Gasteiger charge is -2.39. The molecule has 40 heteroatoms. The van der Waals surface area contributed by atoms with Gasteiger partial charge in [0.15, 0.2) is 89.5 Å². The molecule has 0 aromatic heterocycles. The maximum atomic E-state index is 15.1. The molecule has 9 aromatic rings. The van der Waals surface area contributed by atoms with Crippen molar-refractivity contribution in [3.8, 4) is 23.0 Å². The normalized spacial score (nSPS) is 17.4. The molecule has 0 bridgehead atoms. The van der Waals surface area contributed by atoms with E-state index in [4.69, 9.17) is 103 Å². The van der Waals surface area contributed by atoms with Crippen molar-refractivity contribution in [2.75, 3.05) is 91.6 Å². The van der Waals surface area contributed by atoms with Crippen LogP contribution in [0.25, 0.3) is 19.4 Å². The van der Waals surface area contributed by atoms with Crippen LogP contribution in [-0.2, 0) is 43.0 Å². The van der Waals surface area contributed by atoms with Crippen LogP contribution in [0.3, 0.4) is 0 Å². The predicted octanol–water partition coefficient (Wildman–Crippen LogP) is 20.1. The average Bonchev–Trinajstić information content (AvgIpc) is 1.60. The number of hydrogen-bond acceptors (Lipinski definition) is 21. The molecule has 3 N–H and O–H groups in total. The third-order valence-corrected chi connectivity index (χ3v) is 27.4. The number of anilines is 8. The molecular formula is C105H108F4N16O15S5. The number of hydrogen-bond donors (Lipinski definition) is 3. The molecule has 17 rings (SSSR count). The molecule has 31 nitrogen and oxygen atoms in total. The van der Waals surface area contributed by atoms with Crippen molar-refractivity contribution in [2.45, 2.75) is 194 Å². The Hall–Kier alpha value is -14.3. The number of phenols is 1. The Morgan fingerprint density at radius 1 is 0.379 bits per heavy atom. The number of halogens is 4. The van der Waals surface area contributed by atoms with Crippen LogP contribution >= 0.6 is 48.9 Å². The molecule has 8 heterocycles. The second-order valence-corrected chi connectivity index (χ2v) is 42.4. The molecule has 145 heavy (non-hydrogen) atoms. The highest BCUT2D eigenvalue weighted by molar-refractivity contribution is 7.86. The first-order chi connectivity index (χ1) is 67.9. The number of nitrogens with zero attached hydrogens (tertiary/aromatic N) is 14. The molecule has 8 saturated heterocycles. The largest absolute Gasteiger partial charge is 0.505 e. The van der Waals surface area contributed by atoms with Gasteiger partial charge in [-0.3, -0.25) is 43.0 Å². The molecule has 0 radical (unpaired) electrons. The van der Waals surface area contributed by atoms with Gasteiger partial charge in [-0.1, -0.05) is 42.0 Å². The van der Waals surface area contributed by atoms with E-state index in [1.165, 1.54) is 77.9 Å². The lowest BCUT2D eigenvalue weighted by Crippen LogP contribution is -2.57. The number of thiocarbonyl (C=S) groups is 4. The monoisotopic (exact) mass is 2070 g/mol. The summed E-state index contributed by atoms with van der Waals surface area (Å²) in [6.45, 7) is 66.3. The van der Waals surface area contributed by atoms with E-state index in [0.29, 0.717) is 108 Å². The number of carbonyl (C=O) groups is 6. The highest BCUT2D eigenvalue weighted by Crippen LogP contribution is 2.46. The number of amides is 6. The lowest BCUT2D eigenvalue weighted by molar-refractivity contribution is -0.121. The standard InChI is InChI=1S/C27H29FN4O4S.2C22H21FN4O2S.C19H16FN3O2S.C15H21NO5S/c1-16-12-17(8-10-21(16)29-7)31-23(33)27(5,6)32(24(31)37)18-9-11-22(20(28)13-18)35-19-14-30(15-19)25(34)36-26(2,3)4;2*1-13-9-14(5-7-18(13)24-4)26-20(28)22(2,3)27(21(26)30)15-6-8-19(17(23)10-15)29-16-11-25-12-16;1-11-9-12(5-7-15(11)21-4)22-17(25)19(2,3)23(18(22)26)13-6-8-16(24)14(20)10-13;1-11-5-7-13(8-6-11)22(18,19)21-12-9-16(10-12)14(17)20-15(2,3)4/h8-13,19H,14-15H2,1-6H3;2*5-10,16,25H,11-12H2,1-3H3;5-10,24H,1-3H3;5-8,12H,9-10H2,1-4H3. The van der Waals surface area contributed by atoms with Crippen LogP contribution in [0, 0.1) is 84.2 Å². The molecule has 0 saturated carbocycles. The van der Waals surface area contributed by atoms with Gasteiger partial charge in [0.1, 0.15) is 57.8 Å². The Balaban J connectivity index is 0.000000153. The minimum atomic E-state index is -3.80. The molecule has 0 aliphatic carbocycles. The first-order valence-electron chi connectivity index (χ1n) is 45.9. The third kappa shape index (κ3) is 22.8. The quantitative estimate of drug-likeness (QED) is 0.0330. The van der Waals surface area contributed by atoms with Gasteiger partial charge in [-0.15, -0.1) is 0 Å². The molecule has 9 aromatic carbocycles. The van der Waals surface area contributed by atoms with E-state index in [0.717, 1.165) is 33.9 Å². The van der Waals surface area contributed by atoms with Crippen molar-refractivity contribution in [3.05, 3.63) is 267 Å². The topological polar surface area (TPSA) is 286 Å². The number of ether oxygens (including phenoxy) is 5. The minimum absolute atomic E-state index is 0.0339. The van der Waals surface area contributed by atoms with Crippen LogP contribution in [0.1, 0.15) is 125 Å². The Kier molecular flexibility index (Phi) is 31.4. The molecule has 8 fully saturated rings. The summed E-state index contributed by atoms with van der Waals surface area (Å²) in [5.74, 6) is -3.40. The summed E-state index contributed by atoms with van der Waals surface area (Å²) in [7, 11) is -3.80. The number of likely N-dealkylation sites (tertiary alicyclic amines) is 2. The number of phenolic OH excluding ortho intramolecular Hbond substituents is 1. The fraction of sp³-hybridized carbons (Fsp3) is 0.352. The molecule has 6 amide bonds. The van der Waals surface area contributed by atoms with Gasteiger partial charge in [0, 0.05) is 95.9 Å². The van der Waals surface area contributed by atoms with E-state index in [2.05, 4.69) is 30.0 Å². The van der Waals surface area contributed by atoms with Crippen LogP contribution in [0.5, 0.6) is 23.0 Å². The minimum Gasteiger partial charge on any atom is -0.505 e. The molecule has 0 spiro atoms. The van der Waals surface area contributed by atoms with Gasteiger partial charge in [-0.25, -0.2) is 46.5 Å². The highest BCUT2D eigenvalue weighted by Gasteiger charge is 2.55. The van der Waals surface area contributed by atoms with Crippen LogP contribution in [-0.4, -0.2) is 190 Å². The number of nitrogens with one attached hydrogen (secondary N) is 2. The summed E-state index contributed by atoms with van der Waals surface area (Å²) in [5, 5.41) is 16.5. The van der Waals surface area contributed by atoms with Gasteiger partial charge in [0.2, 0.25) is 0 Å². The van der Waals surface area contributed by atoms with Crippen LogP contribution in [0.2, 0.25) is 0 Å². The van der Waals surface area contributed by atoms with E-state index in [1.54, 1.807) is 246 Å². The number of aryl methyl sites for hydroxylation is 5. The summed E-state index contributed by atoms with van der Waals surface area (Å²) < 4.78 is 115. The number of carbonyl (C=O) groups excluding carboxylic acids is 6. The maximum absolute atomic E-state index is 15.1. The van der Waals surface area contributed by atoms with Crippen molar-refractivity contribution >= 4 is 184 Å². The highest BCUT2D eigenvalue weighted by atomic mass is 32.2. The fourth-order valence-corrected chi connectivity index (χ4v) is 19.5. The fourth-order valence-electron chi connectivity index (χ4n) is 16.4. The Morgan fingerprint density at radius 3 is 0.876 bits per heavy atom. The van der Waals surface area contributed by atoms with Gasteiger partial charge < -0.3 is 68.8 Å². The van der Waals surface area contributed by atoms with Crippen molar-refractivity contribution in [2.24, 2.45) is 0 Å². The summed E-state index contributed by atoms with van der Waals surface area (Å²) in [6, 6.07) is 44.4. The Bertz CT molecular complexity index is 6860. The first-order valence-corrected chi connectivity index (χ1v) is 48.9. The molecule has 8 aliphatic heterocycles. The Morgan fingerprint density at radius 2 is 0.634 bits per heavy atom. The summed E-state index contributed by atoms with van der Waals surface area (Å²) >= 11 is 22.5. The zero-order valence-electron chi connectivity index (χ0n) is 83.1. The molecule has 8 aliphatic rings. The zero-order chi connectivity index (χ0) is 106. The molecule has 0 unspecified atom stereocenters. The van der Waals surface area contributed by atoms with E-state index >= 15 is 4.39 Å². The van der Waals surface area contributed by atoms with Crippen molar-refractivity contribution < 1.29 is 87.7 Å². The summed E-state index contributed by atoms with van der Waals surface area (Å²) in [6.07, 6.45) is -1.84. The van der Waals surface area contributed by atoms with E-state index < -0.39 is 90.8 Å². The maximum Gasteiger partial charge on any atom is 0.410 e. The van der Waals surface area contributed by atoms with Crippen LogP contribution < -0.4 is 64.0 Å². The van der Waals surface area contributed by atoms with Gasteiger partial charge in [0.05, 0.1) is 57.4 Å². The lowest BCUT2D eigenvalue weighted by atomic mass is 10.0. The van der Waals surface area contributed by atoms with Crippen LogP contribution in [0.4, 0.5) is 95.4 Å². The van der Waals surface area contributed by atoms with Gasteiger partial charge in [0.25, 0.3) is 33.7 Å². The zero-order valence-corrected chi connectivity index (χ0v) is 87.2. The molecule has 756 valence electrons. The van der Waals surface area contributed by atoms with Gasteiger partial charge in [-0.05, 0) is 312 Å². The van der Waals surface area contributed by atoms with Crippen molar-refractivity contribution in [3.63, 3.8) is 0 Å². The number of rotatable bonds is 17. The smallest absolute Gasteiger partial charge is 0.410 e. The average molecular weight is 2070 g/mol. The van der Waals surface area contributed by atoms with Gasteiger partial charge in [-0.2, -0.15) is 8.42 Å². The summed E-state index contributed by atoms with van der Waals surface area (Å²) in [4.78, 5) is 106. The first kappa shape index (κ1) is 108. The van der Waals surface area contributed by atoms with E-state index in [9.17, 15) is 55.5 Å². The summed E-state index contributed by atoms with van der Waals surface area (Å²) in [5.41, 5.74) is 4.74. The van der Waals surface area contributed by atoms with Crippen LogP contribution in [0.15, 0.2) is 175 Å². The second-order valence-electron chi connectivity index (χ2n) is 39.4. The number of benzene rings is 9. The molecule has 0 atom stereocenters.